The van der Waals surface area contributed by atoms with Crippen LogP contribution in [0.4, 0.5) is 4.79 Å². The Kier molecular flexibility index (Phi) is 5.15. The number of likely N-dealkylation sites (tertiary alicyclic amines) is 1. The maximum absolute atomic E-state index is 12.0. The van der Waals surface area contributed by atoms with Crippen LogP contribution in [-0.4, -0.2) is 40.2 Å². The molecule has 0 spiro atoms. The molecule has 1 aliphatic rings. The fraction of sp³-hybridized carbons (Fsp3) is 0.316. The second-order valence-electron chi connectivity index (χ2n) is 6.51. The lowest BCUT2D eigenvalue weighted by molar-refractivity contribution is 0.234. The van der Waals surface area contributed by atoms with Gasteiger partial charge in [-0.3, -0.25) is 4.90 Å². The monoisotopic (exact) mass is 367 g/mol. The zero-order chi connectivity index (χ0) is 18.5. The first-order chi connectivity index (χ1) is 13.3. The van der Waals surface area contributed by atoms with Gasteiger partial charge in [-0.15, -0.1) is 0 Å². The Bertz CT molecular complexity index is 863. The van der Waals surface area contributed by atoms with Crippen LogP contribution in [-0.2, 0) is 13.1 Å². The van der Waals surface area contributed by atoms with Gasteiger partial charge in [0.2, 0.25) is 0 Å². The number of nitrogens with zero attached hydrogens (tertiary/aromatic N) is 3. The van der Waals surface area contributed by atoms with E-state index in [1.807, 2.05) is 36.4 Å². The van der Waals surface area contributed by atoms with Crippen LogP contribution in [0.25, 0.3) is 11.5 Å². The molecule has 3 heterocycles. The van der Waals surface area contributed by atoms with Crippen molar-refractivity contribution in [2.24, 2.45) is 0 Å². The summed E-state index contributed by atoms with van der Waals surface area (Å²) in [6.07, 6.45) is 2.47. The summed E-state index contributed by atoms with van der Waals surface area (Å²) in [5.41, 5.74) is 0.908. The Morgan fingerprint density at radius 2 is 2.11 bits per heavy atom. The number of amides is 2. The lowest BCUT2D eigenvalue weighted by Gasteiger charge is -2.15. The van der Waals surface area contributed by atoms with Gasteiger partial charge in [0, 0.05) is 24.7 Å². The molecule has 2 N–H and O–H groups in total. The first kappa shape index (κ1) is 17.3. The van der Waals surface area contributed by atoms with E-state index in [-0.39, 0.29) is 12.1 Å². The van der Waals surface area contributed by atoms with Crippen LogP contribution >= 0.6 is 0 Å². The molecule has 1 aliphatic heterocycles. The molecule has 27 heavy (non-hydrogen) atoms. The van der Waals surface area contributed by atoms with E-state index in [0.717, 1.165) is 30.8 Å². The minimum absolute atomic E-state index is 0.0992. The second kappa shape index (κ2) is 8.05. The molecule has 140 valence electrons. The zero-order valence-electron chi connectivity index (χ0n) is 14.8. The highest BCUT2D eigenvalue weighted by Crippen LogP contribution is 2.18. The number of nitrogens with one attached hydrogen (secondary N) is 2. The highest BCUT2D eigenvalue weighted by Gasteiger charge is 2.25. The van der Waals surface area contributed by atoms with E-state index in [0.29, 0.717) is 24.8 Å². The Labute approximate surface area is 156 Å². The summed E-state index contributed by atoms with van der Waals surface area (Å²) in [6.45, 7) is 2.60. The second-order valence-corrected chi connectivity index (χ2v) is 6.51. The Hall–Kier alpha value is -3.13. The Morgan fingerprint density at radius 3 is 2.93 bits per heavy atom. The van der Waals surface area contributed by atoms with E-state index in [1.54, 1.807) is 12.3 Å². The minimum atomic E-state index is -0.191. The number of carbonyl (C=O) groups excluding carboxylic acids is 1. The molecule has 2 aromatic heterocycles. The van der Waals surface area contributed by atoms with Crippen LogP contribution in [0, 0.1) is 0 Å². The van der Waals surface area contributed by atoms with Crippen molar-refractivity contribution in [3.63, 3.8) is 0 Å². The third-order valence-corrected chi connectivity index (χ3v) is 4.46. The van der Waals surface area contributed by atoms with E-state index in [2.05, 4.69) is 25.7 Å². The van der Waals surface area contributed by atoms with Crippen molar-refractivity contribution in [1.29, 1.82) is 0 Å². The van der Waals surface area contributed by atoms with Crippen LogP contribution in [0.5, 0.6) is 0 Å². The van der Waals surface area contributed by atoms with E-state index < -0.39 is 0 Å². The van der Waals surface area contributed by atoms with Crippen LogP contribution < -0.4 is 10.6 Å². The fourth-order valence-electron chi connectivity index (χ4n) is 3.13. The van der Waals surface area contributed by atoms with Crippen molar-refractivity contribution in [2.75, 3.05) is 13.1 Å². The smallest absolute Gasteiger partial charge is 0.315 e. The molecule has 0 bridgehead atoms. The highest BCUT2D eigenvalue weighted by atomic mass is 16.5. The van der Waals surface area contributed by atoms with Crippen LogP contribution in [0.1, 0.15) is 18.0 Å². The summed E-state index contributed by atoms with van der Waals surface area (Å²) < 4.78 is 10.5. The number of hydrogen-bond donors (Lipinski definition) is 2. The van der Waals surface area contributed by atoms with Crippen LogP contribution in [0.2, 0.25) is 0 Å². The molecule has 1 fully saturated rings. The molecule has 1 aromatic carbocycles. The summed E-state index contributed by atoms with van der Waals surface area (Å²) in [4.78, 5) is 18.7. The van der Waals surface area contributed by atoms with Crippen molar-refractivity contribution in [3.05, 3.63) is 60.3 Å². The van der Waals surface area contributed by atoms with Gasteiger partial charge in [-0.1, -0.05) is 23.4 Å². The lowest BCUT2D eigenvalue weighted by atomic mass is 10.2. The first-order valence-corrected chi connectivity index (χ1v) is 8.93. The topological polar surface area (TPSA) is 96.4 Å². The minimum Gasteiger partial charge on any atom is -0.467 e. The van der Waals surface area contributed by atoms with Crippen LogP contribution in [0.3, 0.4) is 0 Å². The molecular weight excluding hydrogens is 346 g/mol. The SMILES string of the molecule is O=C(NCc1ccco1)N[C@H]1CCN(Cc2noc(-c3ccccc3)n2)C1. The standard InChI is InChI=1S/C19H21N5O3/c25-19(20-11-16-7-4-10-26-16)21-15-8-9-24(12-15)13-17-22-18(27-23-17)14-5-2-1-3-6-14/h1-7,10,15H,8-9,11-13H2,(H2,20,21,25)/t15-/m0/s1. The van der Waals surface area contributed by atoms with E-state index >= 15 is 0 Å². The molecule has 0 unspecified atom stereocenters. The first-order valence-electron chi connectivity index (χ1n) is 8.93. The average Bonchev–Trinajstić information content (AvgIpc) is 3.44. The Balaban J connectivity index is 1.24. The molecule has 0 radical (unpaired) electrons. The number of carbonyl (C=O) groups is 1. The highest BCUT2D eigenvalue weighted by molar-refractivity contribution is 5.74. The summed E-state index contributed by atoms with van der Waals surface area (Å²) in [5, 5.41) is 9.85. The Morgan fingerprint density at radius 1 is 1.22 bits per heavy atom. The molecule has 3 aromatic rings. The molecule has 0 saturated carbocycles. The molecule has 2 amide bonds. The van der Waals surface area contributed by atoms with Gasteiger partial charge in [0.15, 0.2) is 5.82 Å². The van der Waals surface area contributed by atoms with E-state index in [1.165, 1.54) is 0 Å². The van der Waals surface area contributed by atoms with Crippen molar-refractivity contribution >= 4 is 6.03 Å². The number of furan rings is 1. The summed E-state index contributed by atoms with van der Waals surface area (Å²) >= 11 is 0. The van der Waals surface area contributed by atoms with Gasteiger partial charge in [0.1, 0.15) is 5.76 Å². The van der Waals surface area contributed by atoms with Gasteiger partial charge in [-0.2, -0.15) is 4.98 Å². The van der Waals surface area contributed by atoms with Crippen LogP contribution in [0.15, 0.2) is 57.7 Å². The van der Waals surface area contributed by atoms with Crippen molar-refractivity contribution in [1.82, 2.24) is 25.7 Å². The number of rotatable bonds is 6. The van der Waals surface area contributed by atoms with Gasteiger partial charge in [0.05, 0.1) is 19.4 Å². The van der Waals surface area contributed by atoms with Crippen molar-refractivity contribution < 1.29 is 13.7 Å². The lowest BCUT2D eigenvalue weighted by Crippen LogP contribution is -2.43. The molecule has 1 saturated heterocycles. The number of urea groups is 1. The van der Waals surface area contributed by atoms with E-state index in [4.69, 9.17) is 8.94 Å². The molecule has 8 heteroatoms. The van der Waals surface area contributed by atoms with Gasteiger partial charge in [-0.25, -0.2) is 4.79 Å². The van der Waals surface area contributed by atoms with Gasteiger partial charge >= 0.3 is 6.03 Å². The summed E-state index contributed by atoms with van der Waals surface area (Å²) in [7, 11) is 0. The van der Waals surface area contributed by atoms with Crippen molar-refractivity contribution in [3.8, 4) is 11.5 Å². The number of aromatic nitrogens is 2. The average molecular weight is 367 g/mol. The maximum Gasteiger partial charge on any atom is 0.315 e. The van der Waals surface area contributed by atoms with Gasteiger partial charge in [-0.05, 0) is 30.7 Å². The van der Waals surface area contributed by atoms with Gasteiger partial charge < -0.3 is 19.6 Å². The maximum atomic E-state index is 12.0. The number of hydrogen-bond acceptors (Lipinski definition) is 6. The molecule has 1 atom stereocenters. The molecule has 8 nitrogen and oxygen atoms in total. The van der Waals surface area contributed by atoms with E-state index in [9.17, 15) is 4.79 Å². The fourth-order valence-corrected chi connectivity index (χ4v) is 3.13. The molecule has 0 aliphatic carbocycles. The van der Waals surface area contributed by atoms with Gasteiger partial charge in [0.25, 0.3) is 5.89 Å². The predicted octanol–water partition coefficient (Wildman–Crippen LogP) is 2.40. The zero-order valence-corrected chi connectivity index (χ0v) is 14.8. The normalized spacial score (nSPS) is 17.1. The summed E-state index contributed by atoms with van der Waals surface area (Å²) in [6, 6.07) is 13.2. The van der Waals surface area contributed by atoms with Crippen molar-refractivity contribution in [2.45, 2.75) is 25.6 Å². The summed E-state index contributed by atoms with van der Waals surface area (Å²) in [5.74, 6) is 1.90. The predicted molar refractivity (Wildman–Crippen MR) is 97.5 cm³/mol. The third kappa shape index (κ3) is 4.53. The number of benzene rings is 1. The molecular formula is C19H21N5O3. The third-order valence-electron chi connectivity index (χ3n) is 4.46. The molecule has 4 rings (SSSR count). The quantitative estimate of drug-likeness (QED) is 0.694. The largest absolute Gasteiger partial charge is 0.467 e.